The normalized spacial score (nSPS) is 22.3. The second-order valence-corrected chi connectivity index (χ2v) is 17.5. The Bertz CT molecular complexity index is 1790. The van der Waals surface area contributed by atoms with Gasteiger partial charge in [0.2, 0.25) is 0 Å². The number of fused-ring (bicyclic) bond motifs is 6. The molecule has 43 heavy (non-hydrogen) atoms. The summed E-state index contributed by atoms with van der Waals surface area (Å²) in [4.78, 5) is 14.5. The maximum atomic E-state index is 15.4. The van der Waals surface area contributed by atoms with Crippen LogP contribution >= 0.6 is 21.4 Å². The molecule has 0 amide bonds. The van der Waals surface area contributed by atoms with Crippen molar-refractivity contribution in [1.29, 1.82) is 0 Å². The van der Waals surface area contributed by atoms with Crippen LogP contribution < -0.4 is 48.5 Å². The summed E-state index contributed by atoms with van der Waals surface area (Å²) >= 11 is 0. The molecule has 6 aromatic rings. The van der Waals surface area contributed by atoms with Gasteiger partial charge in [-0.25, -0.2) is 15.0 Å². The molecule has 0 saturated heterocycles. The minimum atomic E-state index is -3.79. The molecule has 10 heteroatoms. The molecule has 1 aliphatic rings. The van der Waals surface area contributed by atoms with Crippen LogP contribution in [0.3, 0.4) is 0 Å². The first-order chi connectivity index (χ1) is 20.4. The Morgan fingerprint density at radius 3 is 0.837 bits per heavy atom. The van der Waals surface area contributed by atoms with E-state index < -0.39 is 21.4 Å². The average Bonchev–Trinajstić information content (AvgIpc) is 3.08. The number of nitrogens with zero attached hydrogens (tertiary/aromatic N) is 3. The van der Waals surface area contributed by atoms with E-state index in [2.05, 4.69) is 18.2 Å². The molecule has 214 valence electrons. The Balaban J connectivity index is 0.00000329. The van der Waals surface area contributed by atoms with Crippen molar-refractivity contribution in [3.8, 4) is 0 Å². The third-order valence-electron chi connectivity index (χ3n) is 7.19. The van der Waals surface area contributed by atoms with Crippen LogP contribution in [0.15, 0.2) is 127 Å². The molecule has 3 aromatic heterocycles. The predicted molar refractivity (Wildman–Crippen MR) is 168 cm³/mol. The molecule has 0 fully saturated rings. The predicted octanol–water partition coefficient (Wildman–Crippen LogP) is 2.50. The van der Waals surface area contributed by atoms with Gasteiger partial charge in [-0.15, -0.1) is 0 Å². The van der Waals surface area contributed by atoms with Gasteiger partial charge in [-0.3, -0.25) is 0 Å². The van der Waals surface area contributed by atoms with E-state index in [9.17, 15) is 0 Å². The van der Waals surface area contributed by atoms with Gasteiger partial charge in [0.1, 0.15) is 32.6 Å². The Morgan fingerprint density at radius 1 is 0.372 bits per heavy atom. The molecule has 3 aromatic carbocycles. The molecule has 0 aliphatic carbocycles. The second-order valence-electron chi connectivity index (χ2n) is 9.63. The number of rotatable bonds is 3. The van der Waals surface area contributed by atoms with E-state index in [-0.39, 0.29) is 53.7 Å². The summed E-state index contributed by atoms with van der Waals surface area (Å²) in [5.74, 6) is 0. The second kappa shape index (κ2) is 11.5. The van der Waals surface area contributed by atoms with Crippen molar-refractivity contribution in [1.82, 2.24) is 15.0 Å². The van der Waals surface area contributed by atoms with E-state index in [4.69, 9.17) is 15.0 Å². The van der Waals surface area contributed by atoms with E-state index in [0.717, 1.165) is 0 Å². The smallest absolute Gasteiger partial charge is 0.182 e. The van der Waals surface area contributed by atoms with Gasteiger partial charge in [-0.2, -0.15) is 91.0 Å². The van der Waals surface area contributed by atoms with Crippen molar-refractivity contribution in [3.63, 3.8) is 0 Å². The van der Waals surface area contributed by atoms with Crippen molar-refractivity contribution in [2.75, 3.05) is 0 Å². The van der Waals surface area contributed by atoms with Gasteiger partial charge in [-0.1, -0.05) is 34.1 Å². The molecule has 6 bridgehead atoms. The number of aromatic nitrogens is 3. The zero-order chi connectivity index (χ0) is 28.8. The van der Waals surface area contributed by atoms with E-state index in [1.54, 1.807) is 127 Å². The van der Waals surface area contributed by atoms with Gasteiger partial charge < -0.3 is 13.7 Å². The molecule has 6 nitrogen and oxygen atoms in total. The standard InChI is InChI=1S/C33H21N3O3P3.Pt/c37-40(25-13-4-1-5-14-25)28-19-10-21-30(34-28)41(38,26-15-6-2-7-16-26)32-23-12-24-33(36-32)42(39,27-17-8-3-9-18-27)31-22-11-20-29(40)35-31;/h1-13,15,17,19-24H;/q-3;. The molecule has 0 N–H and O–H groups in total. The van der Waals surface area contributed by atoms with Crippen LogP contribution in [0.4, 0.5) is 0 Å². The van der Waals surface area contributed by atoms with E-state index in [0.29, 0.717) is 15.9 Å². The van der Waals surface area contributed by atoms with Crippen LogP contribution in [0.25, 0.3) is 0 Å². The molecule has 0 spiro atoms. The minimum Gasteiger partial charge on any atom is -0.308 e. The van der Waals surface area contributed by atoms with Crippen molar-refractivity contribution >= 4 is 69.9 Å². The van der Waals surface area contributed by atoms with Crippen molar-refractivity contribution in [3.05, 3.63) is 146 Å². The average molecular weight is 796 g/mol. The van der Waals surface area contributed by atoms with Crippen molar-refractivity contribution < 1.29 is 34.8 Å². The third kappa shape index (κ3) is 4.69. The fourth-order valence-corrected chi connectivity index (χ4v) is 12.5. The fourth-order valence-electron chi connectivity index (χ4n) is 5.12. The Morgan fingerprint density at radius 2 is 0.628 bits per heavy atom. The molecule has 7 rings (SSSR count). The van der Waals surface area contributed by atoms with Crippen molar-refractivity contribution in [2.45, 2.75) is 0 Å². The number of pyridine rings is 3. The summed E-state index contributed by atoms with van der Waals surface area (Å²) in [7, 11) is -11.4. The molecular weight excluding hydrogens is 774 g/mol. The van der Waals surface area contributed by atoms with Crippen LogP contribution in [-0.2, 0) is 34.8 Å². The summed E-state index contributed by atoms with van der Waals surface area (Å²) in [6.07, 6.45) is 0. The molecular formula is C33H21N3O3P3Pt-3. The molecule has 0 radical (unpaired) electrons. The first kappa shape index (κ1) is 29.6. The third-order valence-corrected chi connectivity index (χ3v) is 15.4. The first-order valence-corrected chi connectivity index (χ1v) is 18.2. The summed E-state index contributed by atoms with van der Waals surface area (Å²) in [6, 6.07) is 45.2. The zero-order valence-corrected chi connectivity index (χ0v) is 27.3. The Labute approximate surface area is 264 Å². The van der Waals surface area contributed by atoms with Crippen LogP contribution in [0, 0.1) is 18.2 Å². The van der Waals surface area contributed by atoms with E-state index in [1.165, 1.54) is 0 Å². The summed E-state index contributed by atoms with van der Waals surface area (Å²) < 4.78 is 46.2. The molecule has 1 aliphatic heterocycles. The topological polar surface area (TPSA) is 89.9 Å². The number of benzene rings is 3. The minimum absolute atomic E-state index is 0. The monoisotopic (exact) mass is 795 g/mol. The van der Waals surface area contributed by atoms with Crippen LogP contribution in [0.2, 0.25) is 0 Å². The maximum absolute atomic E-state index is 15.4. The Kier molecular flexibility index (Phi) is 7.93. The quantitative estimate of drug-likeness (QED) is 0.202. The molecule has 4 heterocycles. The van der Waals surface area contributed by atoms with Gasteiger partial charge in [0.25, 0.3) is 0 Å². The van der Waals surface area contributed by atoms with Gasteiger partial charge in [-0.05, 0) is 36.4 Å². The van der Waals surface area contributed by atoms with Crippen LogP contribution in [0.5, 0.6) is 0 Å². The summed E-state index contributed by atoms with van der Waals surface area (Å²) in [5, 5.41) is 1.15. The number of hydrogen-bond donors (Lipinski definition) is 0. The summed E-state index contributed by atoms with van der Waals surface area (Å²) in [5.41, 5.74) is 1.17. The maximum Gasteiger partial charge on any atom is 0.182 e. The van der Waals surface area contributed by atoms with Gasteiger partial charge in [0.15, 0.2) is 21.4 Å². The van der Waals surface area contributed by atoms with Gasteiger partial charge >= 0.3 is 0 Å². The van der Waals surface area contributed by atoms with Crippen molar-refractivity contribution in [2.24, 2.45) is 0 Å². The molecule has 0 saturated carbocycles. The SMILES string of the molecule is O=P1(c2[c-]cccc2)c2cccc(n2)P(=O)(c2[c-]cccc2)c2cccc(n2)P(=O)(c2[c-]cccc2)c2cccc1n2.[Pt]. The van der Waals surface area contributed by atoms with E-state index in [1.807, 2.05) is 0 Å². The number of hydrogen-bond acceptors (Lipinski definition) is 6. The fraction of sp³-hybridized carbons (Fsp3) is 0. The first-order valence-electron chi connectivity index (χ1n) is 13.1. The largest absolute Gasteiger partial charge is 0.308 e. The summed E-state index contributed by atoms with van der Waals surface area (Å²) in [6.45, 7) is 0. The molecule has 0 unspecified atom stereocenters. The van der Waals surface area contributed by atoms with Crippen LogP contribution in [-0.4, -0.2) is 15.0 Å². The molecule has 0 atom stereocenters. The van der Waals surface area contributed by atoms with E-state index >= 15 is 13.7 Å². The van der Waals surface area contributed by atoms with Gasteiger partial charge in [0.05, 0.1) is 0 Å². The van der Waals surface area contributed by atoms with Gasteiger partial charge in [0, 0.05) is 21.1 Å². The zero-order valence-electron chi connectivity index (χ0n) is 22.3. The Hall–Kier alpha value is -3.51. The van der Waals surface area contributed by atoms with Crippen LogP contribution in [0.1, 0.15) is 0 Å².